The van der Waals surface area contributed by atoms with E-state index in [0.717, 1.165) is 10.9 Å². The van der Waals surface area contributed by atoms with Gasteiger partial charge in [-0.15, -0.1) is 4.83 Å². The van der Waals surface area contributed by atoms with Crippen LogP contribution in [0, 0.1) is 0 Å². The van der Waals surface area contributed by atoms with Crippen molar-refractivity contribution in [1.29, 1.82) is 0 Å². The number of halogens is 1. The summed E-state index contributed by atoms with van der Waals surface area (Å²) in [4.78, 5) is 14.5. The van der Waals surface area contributed by atoms with Gasteiger partial charge in [0.15, 0.2) is 0 Å². The lowest BCUT2D eigenvalue weighted by Gasteiger charge is -2.08. The van der Waals surface area contributed by atoms with Crippen LogP contribution in [-0.2, 0) is 17.1 Å². The van der Waals surface area contributed by atoms with Crippen molar-refractivity contribution in [3.63, 3.8) is 0 Å². The first kappa shape index (κ1) is 16.7. The van der Waals surface area contributed by atoms with E-state index < -0.39 is 15.9 Å². The fourth-order valence-corrected chi connectivity index (χ4v) is 3.83. The van der Waals surface area contributed by atoms with Crippen molar-refractivity contribution < 1.29 is 13.2 Å². The van der Waals surface area contributed by atoms with E-state index in [1.165, 1.54) is 12.1 Å². The van der Waals surface area contributed by atoms with Crippen LogP contribution in [0.15, 0.2) is 64.1 Å². The number of hydrogen-bond acceptors (Lipinski definition) is 3. The van der Waals surface area contributed by atoms with Gasteiger partial charge in [-0.25, -0.2) is 8.42 Å². The fourth-order valence-electron chi connectivity index (χ4n) is 2.40. The molecule has 0 aliphatic carbocycles. The number of fused-ring (bicyclic) bond motifs is 1. The quantitative estimate of drug-likeness (QED) is 0.652. The van der Waals surface area contributed by atoms with Gasteiger partial charge in [0, 0.05) is 28.6 Å². The second-order valence-electron chi connectivity index (χ2n) is 5.19. The lowest BCUT2D eigenvalue weighted by Crippen LogP contribution is -2.41. The molecule has 1 amide bonds. The lowest BCUT2D eigenvalue weighted by atomic mass is 10.2. The van der Waals surface area contributed by atoms with Gasteiger partial charge in [0.1, 0.15) is 0 Å². The number of carbonyl (C=O) groups excluding carboxylic acids is 1. The van der Waals surface area contributed by atoms with Crippen molar-refractivity contribution in [2.45, 2.75) is 4.90 Å². The molecule has 2 N–H and O–H groups in total. The molecule has 8 heteroatoms. The first-order chi connectivity index (χ1) is 11.4. The summed E-state index contributed by atoms with van der Waals surface area (Å²) in [6, 6.07) is 13.6. The Morgan fingerprint density at radius 1 is 1.12 bits per heavy atom. The van der Waals surface area contributed by atoms with Crippen LogP contribution in [0.4, 0.5) is 0 Å². The van der Waals surface area contributed by atoms with Gasteiger partial charge in [-0.3, -0.25) is 10.2 Å². The van der Waals surface area contributed by atoms with E-state index in [9.17, 15) is 13.2 Å². The Hall–Kier alpha value is -2.16. The molecule has 124 valence electrons. The Kier molecular flexibility index (Phi) is 4.44. The molecule has 0 fully saturated rings. The molecule has 0 aliphatic heterocycles. The number of rotatable bonds is 4. The highest BCUT2D eigenvalue weighted by Gasteiger charge is 2.18. The van der Waals surface area contributed by atoms with Crippen LogP contribution in [0.2, 0.25) is 0 Å². The molecule has 6 nitrogen and oxygen atoms in total. The van der Waals surface area contributed by atoms with Gasteiger partial charge in [0.25, 0.3) is 15.9 Å². The number of aromatic nitrogens is 1. The molecule has 3 rings (SSSR count). The van der Waals surface area contributed by atoms with Crippen molar-refractivity contribution in [2.24, 2.45) is 7.05 Å². The van der Waals surface area contributed by atoms with Crippen LogP contribution in [0.3, 0.4) is 0 Å². The Balaban J connectivity index is 1.82. The summed E-state index contributed by atoms with van der Waals surface area (Å²) in [5.74, 6) is -0.523. The van der Waals surface area contributed by atoms with Gasteiger partial charge >= 0.3 is 0 Å². The molecule has 0 aliphatic rings. The van der Waals surface area contributed by atoms with Gasteiger partial charge in [-0.05, 0) is 24.3 Å². The summed E-state index contributed by atoms with van der Waals surface area (Å²) in [5.41, 5.74) is 3.54. The van der Waals surface area contributed by atoms with E-state index in [0.29, 0.717) is 10.0 Å². The van der Waals surface area contributed by atoms with Crippen LogP contribution >= 0.6 is 15.9 Å². The summed E-state index contributed by atoms with van der Waals surface area (Å²) < 4.78 is 26.9. The maximum atomic E-state index is 12.4. The van der Waals surface area contributed by atoms with E-state index in [1.807, 2.05) is 35.9 Å². The molecule has 0 radical (unpaired) electrons. The third kappa shape index (κ3) is 3.21. The normalized spacial score (nSPS) is 11.6. The minimum atomic E-state index is -3.85. The van der Waals surface area contributed by atoms with Gasteiger partial charge in [-0.1, -0.05) is 40.2 Å². The lowest BCUT2D eigenvalue weighted by molar-refractivity contribution is 0.0946. The molecule has 2 aromatic carbocycles. The molecule has 0 unspecified atom stereocenters. The minimum absolute atomic E-state index is 0.0510. The second kappa shape index (κ2) is 6.39. The molecule has 1 heterocycles. The zero-order valence-electron chi connectivity index (χ0n) is 12.7. The number of hydrazine groups is 1. The number of nitrogens with zero attached hydrogens (tertiary/aromatic N) is 1. The largest absolute Gasteiger partial charge is 0.350 e. The predicted molar refractivity (Wildman–Crippen MR) is 94.8 cm³/mol. The first-order valence-corrected chi connectivity index (χ1v) is 9.28. The zero-order valence-corrected chi connectivity index (χ0v) is 15.1. The van der Waals surface area contributed by atoms with Crippen molar-refractivity contribution in [3.05, 3.63) is 64.8 Å². The average Bonchev–Trinajstić information content (AvgIpc) is 2.90. The predicted octanol–water partition coefficient (Wildman–Crippen LogP) is 2.56. The van der Waals surface area contributed by atoms with Gasteiger partial charge in [-0.2, -0.15) is 0 Å². The maximum absolute atomic E-state index is 12.4. The minimum Gasteiger partial charge on any atom is -0.350 e. The van der Waals surface area contributed by atoms with Crippen molar-refractivity contribution in [3.8, 4) is 0 Å². The second-order valence-corrected chi connectivity index (χ2v) is 7.79. The smallest absolute Gasteiger partial charge is 0.268 e. The summed E-state index contributed by atoms with van der Waals surface area (Å²) >= 11 is 3.22. The van der Waals surface area contributed by atoms with E-state index in [4.69, 9.17) is 0 Å². The van der Waals surface area contributed by atoms with E-state index in [2.05, 4.69) is 26.2 Å². The van der Waals surface area contributed by atoms with Gasteiger partial charge < -0.3 is 4.57 Å². The van der Waals surface area contributed by atoms with Gasteiger partial charge in [0.2, 0.25) is 0 Å². The summed E-state index contributed by atoms with van der Waals surface area (Å²) in [6.07, 6.45) is 1.66. The SMILES string of the molecule is Cn1cc(C(=O)NNS(=O)(=O)c2cccc(Br)c2)c2ccccc21. The van der Waals surface area contributed by atoms with Crippen LogP contribution in [0.5, 0.6) is 0 Å². The Bertz CT molecular complexity index is 1030. The van der Waals surface area contributed by atoms with E-state index >= 15 is 0 Å². The third-order valence-corrected chi connectivity index (χ3v) is 5.29. The van der Waals surface area contributed by atoms with Crippen molar-refractivity contribution in [1.82, 2.24) is 14.8 Å². The van der Waals surface area contributed by atoms with E-state index in [1.54, 1.807) is 18.3 Å². The average molecular weight is 408 g/mol. The third-order valence-electron chi connectivity index (χ3n) is 3.55. The maximum Gasteiger partial charge on any atom is 0.268 e. The summed E-state index contributed by atoms with van der Waals surface area (Å²) in [5, 5.41) is 0.749. The Morgan fingerprint density at radius 3 is 2.62 bits per heavy atom. The number of hydrogen-bond donors (Lipinski definition) is 2. The number of nitrogens with one attached hydrogen (secondary N) is 2. The highest BCUT2D eigenvalue weighted by atomic mass is 79.9. The monoisotopic (exact) mass is 407 g/mol. The van der Waals surface area contributed by atoms with Crippen molar-refractivity contribution in [2.75, 3.05) is 0 Å². The number of amides is 1. The molecule has 0 bridgehead atoms. The fraction of sp³-hybridized carbons (Fsp3) is 0.0625. The van der Waals surface area contributed by atoms with Crippen LogP contribution < -0.4 is 10.3 Å². The number of sulfonamides is 1. The number of para-hydroxylation sites is 1. The molecule has 0 atom stereocenters. The molecule has 0 saturated carbocycles. The zero-order chi connectivity index (χ0) is 17.3. The molecule has 24 heavy (non-hydrogen) atoms. The van der Waals surface area contributed by atoms with Crippen LogP contribution in [0.1, 0.15) is 10.4 Å². The van der Waals surface area contributed by atoms with Crippen LogP contribution in [-0.4, -0.2) is 18.9 Å². The molecule has 3 aromatic rings. The van der Waals surface area contributed by atoms with Crippen LogP contribution in [0.25, 0.3) is 10.9 Å². The Labute approximate surface area is 147 Å². The molecular weight excluding hydrogens is 394 g/mol. The molecule has 1 aromatic heterocycles. The van der Waals surface area contributed by atoms with Crippen molar-refractivity contribution >= 4 is 42.8 Å². The first-order valence-electron chi connectivity index (χ1n) is 7.00. The number of benzene rings is 2. The standard InChI is InChI=1S/C16H14BrN3O3S/c1-20-10-14(13-7-2-3-8-15(13)20)16(21)18-19-24(22,23)12-6-4-5-11(17)9-12/h2-10,19H,1H3,(H,18,21). The van der Waals surface area contributed by atoms with Gasteiger partial charge in [0.05, 0.1) is 10.5 Å². The topological polar surface area (TPSA) is 80.2 Å². The molecular formula is C16H14BrN3O3S. The molecule has 0 saturated heterocycles. The highest BCUT2D eigenvalue weighted by molar-refractivity contribution is 9.10. The highest BCUT2D eigenvalue weighted by Crippen LogP contribution is 2.20. The number of carbonyl (C=O) groups is 1. The van der Waals surface area contributed by atoms with E-state index in [-0.39, 0.29) is 4.90 Å². The summed E-state index contributed by atoms with van der Waals surface area (Å²) in [6.45, 7) is 0. The summed E-state index contributed by atoms with van der Waals surface area (Å²) in [7, 11) is -2.03. The Morgan fingerprint density at radius 2 is 1.88 bits per heavy atom. The number of aryl methyl sites for hydroxylation is 1. The molecule has 0 spiro atoms.